The van der Waals surface area contributed by atoms with Crippen molar-refractivity contribution in [3.8, 4) is 0 Å². The maximum atomic E-state index is 2.33. The van der Waals surface area contributed by atoms with Crippen LogP contribution in [-0.4, -0.2) is 0 Å². The molecule has 0 aromatic heterocycles. The smallest absolute Gasteiger partial charge is 0.0297 e. The van der Waals surface area contributed by atoms with Gasteiger partial charge in [-0.15, -0.1) is 0 Å². The van der Waals surface area contributed by atoms with E-state index in [2.05, 4.69) is 13.8 Å². The molecule has 0 spiro atoms. The van der Waals surface area contributed by atoms with Gasteiger partial charge in [0.05, 0.1) is 0 Å². The molecular weight excluding hydrogens is 216 g/mol. The van der Waals surface area contributed by atoms with Gasteiger partial charge in [0, 0.05) is 0 Å². The highest BCUT2D eigenvalue weighted by Crippen LogP contribution is 2.44. The molecular formula is C18H36. The Balaban J connectivity index is 2.25. The predicted molar refractivity (Wildman–Crippen MR) is 83.0 cm³/mol. The fraction of sp³-hybridized carbons (Fsp3) is 1.00. The van der Waals surface area contributed by atoms with Crippen LogP contribution in [0.1, 0.15) is 110 Å². The second-order valence-electron chi connectivity index (χ2n) is 6.68. The Kier molecular flexibility index (Phi) is 8.80. The molecule has 0 aromatic carbocycles. The van der Waals surface area contributed by atoms with Gasteiger partial charge < -0.3 is 0 Å². The molecule has 0 atom stereocenters. The van der Waals surface area contributed by atoms with Gasteiger partial charge in [0.15, 0.2) is 0 Å². The van der Waals surface area contributed by atoms with Crippen LogP contribution >= 0.6 is 0 Å². The van der Waals surface area contributed by atoms with Crippen molar-refractivity contribution < 1.29 is 0 Å². The molecule has 1 saturated carbocycles. The van der Waals surface area contributed by atoms with E-state index in [1.165, 1.54) is 77.0 Å². The summed E-state index contributed by atoms with van der Waals surface area (Å²) in [5, 5.41) is 0. The van der Waals surface area contributed by atoms with Crippen LogP contribution in [0.3, 0.4) is 0 Å². The van der Waals surface area contributed by atoms with Gasteiger partial charge in [0.2, 0.25) is 0 Å². The Labute approximate surface area is 116 Å². The van der Waals surface area contributed by atoms with Crippen LogP contribution in [0.25, 0.3) is 0 Å². The first-order valence-corrected chi connectivity index (χ1v) is 8.83. The molecule has 0 N–H and O–H groups in total. The van der Waals surface area contributed by atoms with Gasteiger partial charge in [0.1, 0.15) is 0 Å². The minimum Gasteiger partial charge on any atom is -0.0654 e. The Hall–Kier alpha value is 0. The zero-order valence-corrected chi connectivity index (χ0v) is 13.1. The van der Waals surface area contributed by atoms with Crippen molar-refractivity contribution in [1.29, 1.82) is 0 Å². The quantitative estimate of drug-likeness (QED) is 0.372. The molecule has 0 radical (unpaired) electrons. The first-order valence-electron chi connectivity index (χ1n) is 8.83. The average molecular weight is 252 g/mol. The second-order valence-corrected chi connectivity index (χ2v) is 6.68. The van der Waals surface area contributed by atoms with E-state index in [0.29, 0.717) is 0 Å². The van der Waals surface area contributed by atoms with Gasteiger partial charge in [-0.2, -0.15) is 0 Å². The van der Waals surface area contributed by atoms with E-state index in [9.17, 15) is 0 Å². The molecule has 0 aliphatic heterocycles. The van der Waals surface area contributed by atoms with Crippen LogP contribution in [0.15, 0.2) is 0 Å². The third-order valence-corrected chi connectivity index (χ3v) is 5.04. The van der Waals surface area contributed by atoms with Crippen molar-refractivity contribution >= 4 is 0 Å². The van der Waals surface area contributed by atoms with Crippen molar-refractivity contribution in [3.05, 3.63) is 0 Å². The largest absolute Gasteiger partial charge is 0.0654 e. The highest BCUT2D eigenvalue weighted by Gasteiger charge is 2.30. The van der Waals surface area contributed by atoms with E-state index < -0.39 is 0 Å². The summed E-state index contributed by atoms with van der Waals surface area (Å²) in [4.78, 5) is 0. The van der Waals surface area contributed by atoms with Gasteiger partial charge in [0.25, 0.3) is 0 Å². The van der Waals surface area contributed by atoms with E-state index in [4.69, 9.17) is 0 Å². The Morgan fingerprint density at radius 2 is 1.11 bits per heavy atom. The minimum absolute atomic E-state index is 0.777. The van der Waals surface area contributed by atoms with Crippen LogP contribution in [-0.2, 0) is 0 Å². The van der Waals surface area contributed by atoms with E-state index in [1.807, 2.05) is 0 Å². The van der Waals surface area contributed by atoms with Crippen molar-refractivity contribution in [1.82, 2.24) is 0 Å². The summed E-state index contributed by atoms with van der Waals surface area (Å²) >= 11 is 0. The number of hydrogen-bond acceptors (Lipinski definition) is 0. The molecule has 0 unspecified atom stereocenters. The SMILES string of the molecule is CCCCCCCC1(CCCCC)CCCCC1. The first kappa shape index (κ1) is 16.1. The normalized spacial score (nSPS) is 19.0. The molecule has 0 heteroatoms. The van der Waals surface area contributed by atoms with Crippen molar-refractivity contribution in [2.24, 2.45) is 5.41 Å². The number of rotatable bonds is 10. The molecule has 0 nitrogen and oxygen atoms in total. The van der Waals surface area contributed by atoms with Crippen molar-refractivity contribution in [2.45, 2.75) is 110 Å². The van der Waals surface area contributed by atoms with Crippen LogP contribution in [0.4, 0.5) is 0 Å². The maximum absolute atomic E-state index is 2.33. The molecule has 0 bridgehead atoms. The Morgan fingerprint density at radius 3 is 1.72 bits per heavy atom. The van der Waals surface area contributed by atoms with E-state index in [-0.39, 0.29) is 0 Å². The molecule has 1 rings (SSSR count). The molecule has 108 valence electrons. The predicted octanol–water partition coefficient (Wildman–Crippen LogP) is 6.88. The lowest BCUT2D eigenvalue weighted by Crippen LogP contribution is -2.24. The summed E-state index contributed by atoms with van der Waals surface area (Å²) in [6, 6.07) is 0. The van der Waals surface area contributed by atoms with Crippen molar-refractivity contribution in [3.63, 3.8) is 0 Å². The van der Waals surface area contributed by atoms with Crippen LogP contribution in [0, 0.1) is 5.41 Å². The fourth-order valence-corrected chi connectivity index (χ4v) is 3.78. The summed E-state index contributed by atoms with van der Waals surface area (Å²) in [7, 11) is 0. The monoisotopic (exact) mass is 252 g/mol. The lowest BCUT2D eigenvalue weighted by Gasteiger charge is -2.38. The maximum Gasteiger partial charge on any atom is -0.0297 e. The zero-order valence-electron chi connectivity index (χ0n) is 13.1. The highest BCUT2D eigenvalue weighted by molar-refractivity contribution is 4.82. The summed E-state index contributed by atoms with van der Waals surface area (Å²) in [6.45, 7) is 4.64. The number of hydrogen-bond donors (Lipinski definition) is 0. The Morgan fingerprint density at radius 1 is 0.611 bits per heavy atom. The van der Waals surface area contributed by atoms with E-state index in [1.54, 1.807) is 19.3 Å². The lowest BCUT2D eigenvalue weighted by molar-refractivity contribution is 0.147. The number of unbranched alkanes of at least 4 members (excludes halogenated alkanes) is 6. The van der Waals surface area contributed by atoms with Gasteiger partial charge >= 0.3 is 0 Å². The van der Waals surface area contributed by atoms with Gasteiger partial charge in [-0.1, -0.05) is 84.5 Å². The highest BCUT2D eigenvalue weighted by atomic mass is 14.4. The summed E-state index contributed by atoms with van der Waals surface area (Å²) in [5.74, 6) is 0. The molecule has 1 fully saturated rings. The molecule has 1 aliphatic rings. The average Bonchev–Trinajstić information content (AvgIpc) is 2.40. The van der Waals surface area contributed by atoms with Gasteiger partial charge in [-0.05, 0) is 31.1 Å². The third kappa shape index (κ3) is 6.25. The molecule has 0 amide bonds. The zero-order chi connectivity index (χ0) is 13.1. The molecule has 18 heavy (non-hydrogen) atoms. The molecule has 0 heterocycles. The van der Waals surface area contributed by atoms with Gasteiger partial charge in [-0.25, -0.2) is 0 Å². The lowest BCUT2D eigenvalue weighted by atomic mass is 9.68. The minimum atomic E-state index is 0.777. The Bertz CT molecular complexity index is 176. The van der Waals surface area contributed by atoms with Crippen molar-refractivity contribution in [2.75, 3.05) is 0 Å². The summed E-state index contributed by atoms with van der Waals surface area (Å²) in [5.41, 5.74) is 0.777. The molecule has 1 aliphatic carbocycles. The van der Waals surface area contributed by atoms with Crippen LogP contribution in [0.2, 0.25) is 0 Å². The summed E-state index contributed by atoms with van der Waals surface area (Å²) < 4.78 is 0. The molecule has 0 saturated heterocycles. The second kappa shape index (κ2) is 9.87. The fourth-order valence-electron chi connectivity index (χ4n) is 3.78. The van der Waals surface area contributed by atoms with Crippen LogP contribution < -0.4 is 0 Å². The van der Waals surface area contributed by atoms with Crippen LogP contribution in [0.5, 0.6) is 0 Å². The summed E-state index contributed by atoms with van der Waals surface area (Å²) in [6.07, 6.45) is 22.3. The standard InChI is InChI=1S/C18H36/c1-3-5-7-8-11-15-18(14-10-6-4-2)16-12-9-13-17-18/h3-17H2,1-2H3. The molecule has 0 aromatic rings. The van der Waals surface area contributed by atoms with E-state index in [0.717, 1.165) is 5.41 Å². The first-order chi connectivity index (χ1) is 8.83. The van der Waals surface area contributed by atoms with Gasteiger partial charge in [-0.3, -0.25) is 0 Å². The third-order valence-electron chi connectivity index (χ3n) is 5.04. The van der Waals surface area contributed by atoms with E-state index >= 15 is 0 Å². The topological polar surface area (TPSA) is 0 Å².